The number of nitrogens with zero attached hydrogens (tertiary/aromatic N) is 2. The molecule has 0 fully saturated rings. The third-order valence-corrected chi connectivity index (χ3v) is 5.41. The van der Waals surface area contributed by atoms with Gasteiger partial charge in [0.15, 0.2) is 11.5 Å². The third-order valence-electron chi connectivity index (χ3n) is 4.72. The number of benzene rings is 3. The average molecular weight is 498 g/mol. The minimum absolute atomic E-state index is 0.0186. The molecule has 4 aromatic rings. The molecule has 0 radical (unpaired) electrons. The zero-order chi connectivity index (χ0) is 22.7. The van der Waals surface area contributed by atoms with Crippen molar-refractivity contribution in [2.75, 3.05) is 7.11 Å². The minimum atomic E-state index is -0.655. The van der Waals surface area contributed by atoms with Crippen LogP contribution in [0.3, 0.4) is 0 Å². The fourth-order valence-electron chi connectivity index (χ4n) is 3.07. The molecule has 3 aromatic carbocycles. The van der Waals surface area contributed by atoms with E-state index in [0.717, 1.165) is 4.68 Å². The SMILES string of the molecule is COc1cc(C=Nn2c(=O)[nH]c3ccccc3c2=O)c(Br)cc1OCc1ccccc1F. The van der Waals surface area contributed by atoms with Crippen molar-refractivity contribution in [1.29, 1.82) is 0 Å². The van der Waals surface area contributed by atoms with Gasteiger partial charge in [0, 0.05) is 15.6 Å². The van der Waals surface area contributed by atoms with E-state index < -0.39 is 11.2 Å². The maximum absolute atomic E-state index is 13.8. The van der Waals surface area contributed by atoms with Crippen LogP contribution in [0.25, 0.3) is 10.9 Å². The highest BCUT2D eigenvalue weighted by atomic mass is 79.9. The molecule has 0 aliphatic carbocycles. The van der Waals surface area contributed by atoms with Gasteiger partial charge in [-0.3, -0.25) is 4.79 Å². The van der Waals surface area contributed by atoms with Crippen LogP contribution in [0, 0.1) is 5.82 Å². The summed E-state index contributed by atoms with van der Waals surface area (Å²) in [7, 11) is 1.47. The number of halogens is 2. The highest BCUT2D eigenvalue weighted by molar-refractivity contribution is 9.10. The minimum Gasteiger partial charge on any atom is -0.493 e. The van der Waals surface area contributed by atoms with Gasteiger partial charge in [0.25, 0.3) is 5.56 Å². The van der Waals surface area contributed by atoms with Crippen LogP contribution in [0.1, 0.15) is 11.1 Å². The Kier molecular flexibility index (Phi) is 6.18. The summed E-state index contributed by atoms with van der Waals surface area (Å²) < 4.78 is 26.3. The standard InChI is InChI=1S/C23H17BrFN3O4/c1-31-20-10-15(17(24)11-21(20)32-13-14-6-2-4-8-18(14)25)12-26-28-22(29)16-7-3-5-9-19(16)27-23(28)30/h2-12H,13H2,1H3,(H,27,30). The zero-order valence-corrected chi connectivity index (χ0v) is 18.4. The number of fused-ring (bicyclic) bond motifs is 1. The number of rotatable bonds is 6. The molecule has 1 aromatic heterocycles. The van der Waals surface area contributed by atoms with E-state index in [4.69, 9.17) is 9.47 Å². The first kappa shape index (κ1) is 21.5. The average Bonchev–Trinajstić information content (AvgIpc) is 2.79. The number of hydrogen-bond donors (Lipinski definition) is 1. The summed E-state index contributed by atoms with van der Waals surface area (Å²) in [5, 5.41) is 4.40. The highest BCUT2D eigenvalue weighted by Gasteiger charge is 2.12. The third kappa shape index (κ3) is 4.33. The molecule has 0 amide bonds. The number of para-hydroxylation sites is 1. The van der Waals surface area contributed by atoms with Crippen molar-refractivity contribution in [3.8, 4) is 11.5 Å². The first-order valence-electron chi connectivity index (χ1n) is 9.50. The molecule has 4 rings (SSSR count). The predicted octanol–water partition coefficient (Wildman–Crippen LogP) is 4.06. The smallest absolute Gasteiger partial charge is 0.349 e. The molecule has 7 nitrogen and oxygen atoms in total. The molecule has 0 spiro atoms. The first-order chi connectivity index (χ1) is 15.5. The van der Waals surface area contributed by atoms with Gasteiger partial charge in [-0.05, 0) is 46.3 Å². The quantitative estimate of drug-likeness (QED) is 0.407. The lowest BCUT2D eigenvalue weighted by atomic mass is 10.2. The fourth-order valence-corrected chi connectivity index (χ4v) is 3.50. The van der Waals surface area contributed by atoms with Gasteiger partial charge in [0.05, 0.1) is 24.2 Å². The van der Waals surface area contributed by atoms with Crippen LogP contribution in [-0.2, 0) is 6.61 Å². The van der Waals surface area contributed by atoms with Crippen LogP contribution in [0.2, 0.25) is 0 Å². The molecular formula is C23H17BrFN3O4. The van der Waals surface area contributed by atoms with Crippen molar-refractivity contribution in [3.63, 3.8) is 0 Å². The van der Waals surface area contributed by atoms with Gasteiger partial charge >= 0.3 is 5.69 Å². The Morgan fingerprint density at radius 2 is 1.84 bits per heavy atom. The van der Waals surface area contributed by atoms with Gasteiger partial charge in [-0.1, -0.05) is 30.3 Å². The van der Waals surface area contributed by atoms with E-state index in [1.807, 2.05) is 0 Å². The van der Waals surface area contributed by atoms with Crippen molar-refractivity contribution in [3.05, 3.63) is 103 Å². The Morgan fingerprint density at radius 1 is 1.09 bits per heavy atom. The summed E-state index contributed by atoms with van der Waals surface area (Å²) in [4.78, 5) is 27.5. The van der Waals surface area contributed by atoms with E-state index in [1.165, 1.54) is 19.4 Å². The Balaban J connectivity index is 1.65. The van der Waals surface area contributed by atoms with E-state index in [1.54, 1.807) is 54.6 Å². The van der Waals surface area contributed by atoms with Crippen molar-refractivity contribution >= 4 is 33.0 Å². The summed E-state index contributed by atoms with van der Waals surface area (Å²) in [5.74, 6) is 0.409. The van der Waals surface area contributed by atoms with E-state index in [0.29, 0.717) is 38.0 Å². The van der Waals surface area contributed by atoms with Crippen molar-refractivity contribution in [2.45, 2.75) is 6.61 Å². The van der Waals surface area contributed by atoms with Gasteiger partial charge < -0.3 is 14.5 Å². The molecule has 9 heteroatoms. The van der Waals surface area contributed by atoms with Crippen LogP contribution in [-0.4, -0.2) is 23.0 Å². The predicted molar refractivity (Wildman–Crippen MR) is 123 cm³/mol. The molecule has 0 aliphatic heterocycles. The van der Waals surface area contributed by atoms with Gasteiger partial charge in [-0.15, -0.1) is 4.68 Å². The molecule has 0 aliphatic rings. The second-order valence-corrected chi connectivity index (χ2v) is 7.60. The molecule has 1 N–H and O–H groups in total. The maximum Gasteiger partial charge on any atom is 0.349 e. The van der Waals surface area contributed by atoms with E-state index in [-0.39, 0.29) is 12.4 Å². The molecule has 0 unspecified atom stereocenters. The Bertz CT molecular complexity index is 1450. The molecule has 0 atom stereocenters. The van der Waals surface area contributed by atoms with E-state index in [9.17, 15) is 14.0 Å². The molecule has 0 saturated heterocycles. The lowest BCUT2D eigenvalue weighted by Crippen LogP contribution is -2.32. The Morgan fingerprint density at radius 3 is 2.62 bits per heavy atom. The summed E-state index contributed by atoms with van der Waals surface area (Å²) in [6.45, 7) is 0.0186. The fraction of sp³-hybridized carbons (Fsp3) is 0.0870. The number of hydrogen-bond acceptors (Lipinski definition) is 5. The number of ether oxygens (including phenoxy) is 2. The van der Waals surface area contributed by atoms with Crippen LogP contribution >= 0.6 is 15.9 Å². The van der Waals surface area contributed by atoms with Crippen molar-refractivity contribution in [2.24, 2.45) is 5.10 Å². The second kappa shape index (κ2) is 9.19. The zero-order valence-electron chi connectivity index (χ0n) is 16.8. The topological polar surface area (TPSA) is 85.7 Å². The Hall–Kier alpha value is -3.72. The lowest BCUT2D eigenvalue weighted by Gasteiger charge is -2.13. The van der Waals surface area contributed by atoms with E-state index >= 15 is 0 Å². The van der Waals surface area contributed by atoms with Crippen molar-refractivity contribution < 1.29 is 13.9 Å². The summed E-state index contributed by atoms with van der Waals surface area (Å²) in [5.41, 5.74) is 0.199. The van der Waals surface area contributed by atoms with Gasteiger partial charge in [0.1, 0.15) is 12.4 Å². The van der Waals surface area contributed by atoms with Crippen LogP contribution in [0.4, 0.5) is 4.39 Å². The molecule has 162 valence electrons. The Labute approximate surface area is 189 Å². The molecular weight excluding hydrogens is 481 g/mol. The van der Waals surface area contributed by atoms with Gasteiger partial charge in [0.2, 0.25) is 0 Å². The number of H-pyrrole nitrogens is 1. The van der Waals surface area contributed by atoms with E-state index in [2.05, 4.69) is 26.0 Å². The number of aromatic nitrogens is 2. The number of aromatic amines is 1. The number of methoxy groups -OCH3 is 1. The van der Waals surface area contributed by atoms with Crippen LogP contribution < -0.4 is 20.7 Å². The normalized spacial score (nSPS) is 11.2. The highest BCUT2D eigenvalue weighted by Crippen LogP contribution is 2.33. The van der Waals surface area contributed by atoms with Gasteiger partial charge in [-0.25, -0.2) is 9.18 Å². The van der Waals surface area contributed by atoms with Crippen LogP contribution in [0.5, 0.6) is 11.5 Å². The van der Waals surface area contributed by atoms with Gasteiger partial charge in [-0.2, -0.15) is 5.10 Å². The van der Waals surface area contributed by atoms with Crippen LogP contribution in [0.15, 0.2) is 79.8 Å². The van der Waals surface area contributed by atoms with Crippen molar-refractivity contribution in [1.82, 2.24) is 9.66 Å². The molecule has 0 bridgehead atoms. The summed E-state index contributed by atoms with van der Waals surface area (Å²) >= 11 is 3.43. The monoisotopic (exact) mass is 497 g/mol. The second-order valence-electron chi connectivity index (χ2n) is 6.74. The molecule has 32 heavy (non-hydrogen) atoms. The lowest BCUT2D eigenvalue weighted by molar-refractivity contribution is 0.279. The molecule has 1 heterocycles. The molecule has 0 saturated carbocycles. The summed E-state index contributed by atoms with van der Waals surface area (Å²) in [6.07, 6.45) is 1.36. The largest absolute Gasteiger partial charge is 0.493 e. The summed E-state index contributed by atoms with van der Waals surface area (Å²) in [6, 6.07) is 16.3. The number of nitrogens with one attached hydrogen (secondary N) is 1. The first-order valence-corrected chi connectivity index (χ1v) is 10.3. The maximum atomic E-state index is 13.8.